The van der Waals surface area contributed by atoms with Crippen LogP contribution in [-0.2, 0) is 23.0 Å². The Morgan fingerprint density at radius 3 is 2.77 bits per heavy atom. The summed E-state index contributed by atoms with van der Waals surface area (Å²) < 4.78 is 7.38. The zero-order chi connectivity index (χ0) is 16.5. The molecule has 1 saturated heterocycles. The molecule has 2 heterocycles. The van der Waals surface area contributed by atoms with E-state index < -0.39 is 0 Å². The van der Waals surface area contributed by atoms with Gasteiger partial charge in [0.15, 0.2) is 0 Å². The smallest absolute Gasteiger partial charge is 0.254 e. The van der Waals surface area contributed by atoms with Crippen molar-refractivity contribution in [3.8, 4) is 0 Å². The van der Waals surface area contributed by atoms with Crippen molar-refractivity contribution in [1.29, 1.82) is 0 Å². The SMILES string of the molecule is CC(C)[C@H]1CCO[C@H]1C(=O)Nc1cc(CC(C)(C)C)nn1C. The molecule has 1 fully saturated rings. The number of rotatable bonds is 4. The predicted octanol–water partition coefficient (Wildman–Crippen LogP) is 3.01. The zero-order valence-corrected chi connectivity index (χ0v) is 14.6. The lowest BCUT2D eigenvalue weighted by Gasteiger charge is -2.20. The van der Waals surface area contributed by atoms with Gasteiger partial charge in [-0.3, -0.25) is 9.48 Å². The topological polar surface area (TPSA) is 56.1 Å². The Kier molecular flexibility index (Phi) is 4.95. The molecule has 5 heteroatoms. The summed E-state index contributed by atoms with van der Waals surface area (Å²) in [7, 11) is 1.86. The van der Waals surface area contributed by atoms with Gasteiger partial charge in [-0.2, -0.15) is 5.10 Å². The summed E-state index contributed by atoms with van der Waals surface area (Å²) in [5.74, 6) is 1.42. The number of nitrogens with zero attached hydrogens (tertiary/aromatic N) is 2. The van der Waals surface area contributed by atoms with Crippen LogP contribution in [-0.4, -0.2) is 28.4 Å². The highest BCUT2D eigenvalue weighted by Crippen LogP contribution is 2.29. The normalized spacial score (nSPS) is 22.3. The maximum Gasteiger partial charge on any atom is 0.254 e. The largest absolute Gasteiger partial charge is 0.368 e. The van der Waals surface area contributed by atoms with Gasteiger partial charge in [0.1, 0.15) is 11.9 Å². The molecule has 124 valence electrons. The molecule has 1 aromatic rings. The highest BCUT2D eigenvalue weighted by Gasteiger charge is 2.36. The summed E-state index contributed by atoms with van der Waals surface area (Å²) in [6, 6.07) is 1.96. The number of hydrogen-bond acceptors (Lipinski definition) is 3. The Morgan fingerprint density at radius 2 is 2.18 bits per heavy atom. The predicted molar refractivity (Wildman–Crippen MR) is 87.7 cm³/mol. The minimum atomic E-state index is -0.346. The molecule has 0 unspecified atom stereocenters. The molecular formula is C17H29N3O2. The van der Waals surface area contributed by atoms with Gasteiger partial charge in [0.05, 0.1) is 5.69 Å². The van der Waals surface area contributed by atoms with Gasteiger partial charge in [-0.1, -0.05) is 34.6 Å². The molecule has 2 rings (SSSR count). The number of anilines is 1. The fourth-order valence-corrected chi connectivity index (χ4v) is 3.03. The van der Waals surface area contributed by atoms with Crippen LogP contribution in [0.1, 0.15) is 46.7 Å². The fraction of sp³-hybridized carbons (Fsp3) is 0.765. The Labute approximate surface area is 133 Å². The molecule has 0 aliphatic carbocycles. The molecule has 2 atom stereocenters. The van der Waals surface area contributed by atoms with Crippen LogP contribution in [0.5, 0.6) is 0 Å². The highest BCUT2D eigenvalue weighted by molar-refractivity contribution is 5.93. The van der Waals surface area contributed by atoms with Crippen LogP contribution in [0.15, 0.2) is 6.07 Å². The third kappa shape index (κ3) is 4.09. The van der Waals surface area contributed by atoms with Gasteiger partial charge in [-0.25, -0.2) is 0 Å². The number of carbonyl (C=O) groups is 1. The second kappa shape index (κ2) is 6.41. The summed E-state index contributed by atoms with van der Waals surface area (Å²) >= 11 is 0. The van der Waals surface area contributed by atoms with Gasteiger partial charge in [0.2, 0.25) is 0 Å². The third-order valence-electron chi connectivity index (χ3n) is 4.15. The van der Waals surface area contributed by atoms with Crippen molar-refractivity contribution in [3.05, 3.63) is 11.8 Å². The first-order valence-electron chi connectivity index (χ1n) is 8.13. The van der Waals surface area contributed by atoms with E-state index in [9.17, 15) is 4.79 Å². The van der Waals surface area contributed by atoms with E-state index >= 15 is 0 Å². The van der Waals surface area contributed by atoms with Crippen LogP contribution in [0.2, 0.25) is 0 Å². The monoisotopic (exact) mass is 307 g/mol. The highest BCUT2D eigenvalue weighted by atomic mass is 16.5. The lowest BCUT2D eigenvalue weighted by molar-refractivity contribution is -0.127. The lowest BCUT2D eigenvalue weighted by Crippen LogP contribution is -2.35. The number of carbonyl (C=O) groups excluding carboxylic acids is 1. The van der Waals surface area contributed by atoms with E-state index in [1.165, 1.54) is 0 Å². The van der Waals surface area contributed by atoms with Gasteiger partial charge in [-0.15, -0.1) is 0 Å². The Balaban J connectivity index is 2.06. The van der Waals surface area contributed by atoms with Crippen LogP contribution in [0.4, 0.5) is 5.82 Å². The van der Waals surface area contributed by atoms with Crippen molar-refractivity contribution in [2.24, 2.45) is 24.3 Å². The molecule has 1 aromatic heterocycles. The summed E-state index contributed by atoms with van der Waals surface area (Å²) in [6.07, 6.45) is 1.49. The van der Waals surface area contributed by atoms with E-state index in [-0.39, 0.29) is 17.4 Å². The van der Waals surface area contributed by atoms with E-state index in [0.717, 1.165) is 24.4 Å². The molecule has 0 radical (unpaired) electrons. The molecule has 0 bridgehead atoms. The fourth-order valence-electron chi connectivity index (χ4n) is 3.03. The van der Waals surface area contributed by atoms with Crippen molar-refractivity contribution < 1.29 is 9.53 Å². The Bertz CT molecular complexity index is 528. The van der Waals surface area contributed by atoms with Gasteiger partial charge in [-0.05, 0) is 30.1 Å². The molecular weight excluding hydrogens is 278 g/mol. The molecule has 1 amide bonds. The van der Waals surface area contributed by atoms with Crippen LogP contribution < -0.4 is 5.32 Å². The van der Waals surface area contributed by atoms with Crippen LogP contribution in [0, 0.1) is 17.3 Å². The molecule has 0 aromatic carbocycles. The first-order chi connectivity index (χ1) is 10.2. The average molecular weight is 307 g/mol. The van der Waals surface area contributed by atoms with Gasteiger partial charge >= 0.3 is 0 Å². The Hall–Kier alpha value is -1.36. The van der Waals surface area contributed by atoms with Gasteiger partial charge < -0.3 is 10.1 Å². The number of nitrogens with one attached hydrogen (secondary N) is 1. The molecule has 1 aliphatic rings. The number of aryl methyl sites for hydroxylation is 1. The van der Waals surface area contributed by atoms with Crippen molar-refractivity contribution in [2.45, 2.75) is 53.6 Å². The Morgan fingerprint density at radius 1 is 1.50 bits per heavy atom. The van der Waals surface area contributed by atoms with E-state index in [1.807, 2.05) is 13.1 Å². The first kappa shape index (κ1) is 17.0. The lowest BCUT2D eigenvalue weighted by atomic mass is 9.89. The van der Waals surface area contributed by atoms with Crippen molar-refractivity contribution >= 4 is 11.7 Å². The van der Waals surface area contributed by atoms with Crippen LogP contribution >= 0.6 is 0 Å². The molecule has 1 N–H and O–H groups in total. The summed E-state index contributed by atoms with van der Waals surface area (Å²) in [6.45, 7) is 11.5. The molecule has 0 spiro atoms. The van der Waals surface area contributed by atoms with Gasteiger partial charge in [0, 0.05) is 19.7 Å². The average Bonchev–Trinajstić information content (AvgIpc) is 2.95. The number of amides is 1. The standard InChI is InChI=1S/C17H29N3O2/c1-11(2)13-7-8-22-15(13)16(21)18-14-9-12(19-20(14)6)10-17(3,4)5/h9,11,13,15H,7-8,10H2,1-6H3,(H,18,21)/t13-,15-/m1/s1. The van der Waals surface area contributed by atoms with Crippen molar-refractivity contribution in [1.82, 2.24) is 9.78 Å². The number of aromatic nitrogens is 2. The molecule has 0 saturated carbocycles. The minimum Gasteiger partial charge on any atom is -0.368 e. The molecule has 22 heavy (non-hydrogen) atoms. The van der Waals surface area contributed by atoms with Crippen LogP contribution in [0.25, 0.3) is 0 Å². The maximum absolute atomic E-state index is 12.5. The third-order valence-corrected chi connectivity index (χ3v) is 4.15. The maximum atomic E-state index is 12.5. The zero-order valence-electron chi connectivity index (χ0n) is 14.6. The summed E-state index contributed by atoms with van der Waals surface area (Å²) in [5.41, 5.74) is 1.17. The minimum absolute atomic E-state index is 0.0542. The van der Waals surface area contributed by atoms with E-state index in [0.29, 0.717) is 18.4 Å². The molecule has 1 aliphatic heterocycles. The van der Waals surface area contributed by atoms with Crippen molar-refractivity contribution in [2.75, 3.05) is 11.9 Å². The van der Waals surface area contributed by atoms with Crippen molar-refractivity contribution in [3.63, 3.8) is 0 Å². The summed E-state index contributed by atoms with van der Waals surface area (Å²) in [4.78, 5) is 12.5. The van der Waals surface area contributed by atoms with E-state index in [1.54, 1.807) is 4.68 Å². The van der Waals surface area contributed by atoms with E-state index in [4.69, 9.17) is 4.74 Å². The quantitative estimate of drug-likeness (QED) is 0.930. The number of ether oxygens (including phenoxy) is 1. The summed E-state index contributed by atoms with van der Waals surface area (Å²) in [5, 5.41) is 7.47. The molecule has 5 nitrogen and oxygen atoms in total. The van der Waals surface area contributed by atoms with Crippen LogP contribution in [0.3, 0.4) is 0 Å². The first-order valence-corrected chi connectivity index (χ1v) is 8.13. The van der Waals surface area contributed by atoms with Gasteiger partial charge in [0.25, 0.3) is 5.91 Å². The second-order valence-electron chi connectivity index (χ2n) is 7.86. The second-order valence-corrected chi connectivity index (χ2v) is 7.86. The van der Waals surface area contributed by atoms with E-state index in [2.05, 4.69) is 45.0 Å². The number of hydrogen-bond donors (Lipinski definition) is 1.